The molecule has 2 atom stereocenters. The smallest absolute Gasteiger partial charge is 0.376 e. The van der Waals surface area contributed by atoms with Gasteiger partial charge in [0, 0.05) is 29.5 Å². The summed E-state index contributed by atoms with van der Waals surface area (Å²) in [7, 11) is 3.00. The number of rotatable bonds is 3. The normalized spacial score (nSPS) is 15.6. The number of aryl methyl sites for hydroxylation is 2. The van der Waals surface area contributed by atoms with E-state index in [4.69, 9.17) is 11.6 Å². The Balaban J connectivity index is 2.26. The molecule has 2 aromatic carbocycles. The van der Waals surface area contributed by atoms with E-state index in [9.17, 15) is 23.1 Å². The van der Waals surface area contributed by atoms with Crippen molar-refractivity contribution in [2.75, 3.05) is 0 Å². The van der Waals surface area contributed by atoms with Gasteiger partial charge in [-0.05, 0) is 35.4 Å². The van der Waals surface area contributed by atoms with Crippen LogP contribution in [-0.2, 0) is 19.7 Å². The standard InChI is InChI=1S/C19H17BrClF3N2O2/c1-10(13-6-5-12(20)9-14(13)21)18(28,19(22,23)24)11-4-7-15-16(8-11)26(3)17(27)25(15)2/h4-10,28H,1-3H3. The summed E-state index contributed by atoms with van der Waals surface area (Å²) in [5.74, 6) is -1.40. The number of aliphatic hydroxyl groups is 1. The van der Waals surface area contributed by atoms with E-state index < -0.39 is 17.7 Å². The molecule has 0 saturated carbocycles. The number of imidazole rings is 1. The highest BCUT2D eigenvalue weighted by atomic mass is 79.9. The lowest BCUT2D eigenvalue weighted by atomic mass is 9.77. The largest absolute Gasteiger partial charge is 0.422 e. The number of fused-ring (bicyclic) bond motifs is 1. The van der Waals surface area contributed by atoms with Crippen molar-refractivity contribution in [2.45, 2.75) is 24.6 Å². The van der Waals surface area contributed by atoms with Crippen LogP contribution in [0.5, 0.6) is 0 Å². The van der Waals surface area contributed by atoms with Gasteiger partial charge in [-0.25, -0.2) is 4.79 Å². The molecule has 0 bridgehead atoms. The first-order valence-electron chi connectivity index (χ1n) is 8.29. The highest BCUT2D eigenvalue weighted by Crippen LogP contribution is 2.50. The van der Waals surface area contributed by atoms with E-state index in [0.29, 0.717) is 15.5 Å². The summed E-state index contributed by atoms with van der Waals surface area (Å²) in [6, 6.07) is 8.29. The SMILES string of the molecule is CC(c1ccc(Br)cc1Cl)C(O)(c1ccc2c(c1)n(C)c(=O)n2C)C(F)(F)F. The zero-order valence-corrected chi connectivity index (χ0v) is 17.5. The Labute approximate surface area is 172 Å². The van der Waals surface area contributed by atoms with Gasteiger partial charge in [-0.2, -0.15) is 13.2 Å². The topological polar surface area (TPSA) is 47.2 Å². The van der Waals surface area contributed by atoms with Crippen LogP contribution in [0.15, 0.2) is 45.7 Å². The monoisotopic (exact) mass is 476 g/mol. The first-order valence-corrected chi connectivity index (χ1v) is 9.46. The third-order valence-corrected chi connectivity index (χ3v) is 6.02. The quantitative estimate of drug-likeness (QED) is 0.586. The summed E-state index contributed by atoms with van der Waals surface area (Å²) < 4.78 is 45.6. The van der Waals surface area contributed by atoms with Crippen LogP contribution in [0.2, 0.25) is 5.02 Å². The second-order valence-corrected chi connectivity index (χ2v) is 8.08. The average molecular weight is 478 g/mol. The summed E-state index contributed by atoms with van der Waals surface area (Å²) in [4.78, 5) is 12.1. The number of halogens is 5. The van der Waals surface area contributed by atoms with Crippen molar-refractivity contribution in [3.63, 3.8) is 0 Å². The second kappa shape index (κ2) is 6.93. The fraction of sp³-hybridized carbons (Fsp3) is 0.316. The molecule has 0 radical (unpaired) electrons. The zero-order chi connectivity index (χ0) is 21.0. The van der Waals surface area contributed by atoms with Crippen LogP contribution in [0.3, 0.4) is 0 Å². The number of hydrogen-bond acceptors (Lipinski definition) is 2. The molecule has 4 nitrogen and oxygen atoms in total. The van der Waals surface area contributed by atoms with Crippen LogP contribution in [0.25, 0.3) is 11.0 Å². The molecular weight excluding hydrogens is 461 g/mol. The van der Waals surface area contributed by atoms with Crippen molar-refractivity contribution in [1.29, 1.82) is 0 Å². The highest BCUT2D eigenvalue weighted by molar-refractivity contribution is 9.10. The molecule has 9 heteroatoms. The Kier molecular flexibility index (Phi) is 5.19. The lowest BCUT2D eigenvalue weighted by Gasteiger charge is -2.37. The lowest BCUT2D eigenvalue weighted by molar-refractivity contribution is -0.274. The molecule has 2 unspecified atom stereocenters. The van der Waals surface area contributed by atoms with E-state index in [0.717, 1.165) is 0 Å². The minimum absolute atomic E-state index is 0.109. The molecule has 0 saturated heterocycles. The van der Waals surface area contributed by atoms with Crippen LogP contribution >= 0.6 is 27.5 Å². The summed E-state index contributed by atoms with van der Waals surface area (Å²) in [6.45, 7) is 1.27. The van der Waals surface area contributed by atoms with E-state index in [1.54, 1.807) is 6.07 Å². The van der Waals surface area contributed by atoms with Crippen molar-refractivity contribution in [3.8, 4) is 0 Å². The van der Waals surface area contributed by atoms with Gasteiger partial charge in [-0.15, -0.1) is 0 Å². The van der Waals surface area contributed by atoms with Crippen molar-refractivity contribution in [3.05, 3.63) is 67.5 Å². The Morgan fingerprint density at radius 3 is 2.25 bits per heavy atom. The van der Waals surface area contributed by atoms with Gasteiger partial charge in [-0.3, -0.25) is 9.13 Å². The maximum Gasteiger partial charge on any atom is 0.422 e. The minimum Gasteiger partial charge on any atom is -0.376 e. The van der Waals surface area contributed by atoms with Crippen LogP contribution in [0.1, 0.15) is 24.0 Å². The van der Waals surface area contributed by atoms with Crippen LogP contribution in [0.4, 0.5) is 13.2 Å². The van der Waals surface area contributed by atoms with Crippen molar-refractivity contribution < 1.29 is 18.3 Å². The molecule has 0 spiro atoms. The van der Waals surface area contributed by atoms with Gasteiger partial charge in [0.25, 0.3) is 0 Å². The summed E-state index contributed by atoms with van der Waals surface area (Å²) in [5.41, 5.74) is -3.01. The first kappa shape index (κ1) is 21.0. The van der Waals surface area contributed by atoms with E-state index in [1.807, 2.05) is 0 Å². The molecule has 0 amide bonds. The maximum atomic E-state index is 14.1. The molecule has 0 aliphatic carbocycles. The molecule has 3 aromatic rings. The van der Waals surface area contributed by atoms with Gasteiger partial charge in [0.2, 0.25) is 0 Å². The van der Waals surface area contributed by atoms with Gasteiger partial charge >= 0.3 is 11.9 Å². The number of hydrogen-bond donors (Lipinski definition) is 1. The van der Waals surface area contributed by atoms with Crippen molar-refractivity contribution in [1.82, 2.24) is 9.13 Å². The van der Waals surface area contributed by atoms with E-state index in [-0.39, 0.29) is 21.8 Å². The number of nitrogens with zero attached hydrogens (tertiary/aromatic N) is 2. The zero-order valence-electron chi connectivity index (χ0n) is 15.2. The van der Waals surface area contributed by atoms with Gasteiger partial charge in [0.05, 0.1) is 11.0 Å². The fourth-order valence-electron chi connectivity index (χ4n) is 3.48. The van der Waals surface area contributed by atoms with Gasteiger partial charge in [-0.1, -0.05) is 46.6 Å². The number of aromatic nitrogens is 2. The molecule has 0 aliphatic heterocycles. The Bertz CT molecular complexity index is 1120. The third kappa shape index (κ3) is 3.07. The molecule has 0 fully saturated rings. The molecule has 1 N–H and O–H groups in total. The summed E-state index contributed by atoms with van der Waals surface area (Å²) >= 11 is 9.38. The molecular formula is C19H17BrClF3N2O2. The Hall–Kier alpha value is -1.77. The van der Waals surface area contributed by atoms with Gasteiger partial charge in [0.15, 0.2) is 5.60 Å². The molecule has 3 rings (SSSR count). The molecule has 150 valence electrons. The highest BCUT2D eigenvalue weighted by Gasteiger charge is 2.59. The van der Waals surface area contributed by atoms with Crippen molar-refractivity contribution in [2.24, 2.45) is 14.1 Å². The minimum atomic E-state index is -4.98. The molecule has 28 heavy (non-hydrogen) atoms. The van der Waals surface area contributed by atoms with E-state index in [2.05, 4.69) is 15.9 Å². The van der Waals surface area contributed by atoms with E-state index >= 15 is 0 Å². The summed E-state index contributed by atoms with van der Waals surface area (Å²) in [5, 5.41) is 11.1. The predicted octanol–water partition coefficient (Wildman–Crippen LogP) is 4.85. The van der Waals surface area contributed by atoms with E-state index in [1.165, 1.54) is 60.5 Å². The Morgan fingerprint density at radius 2 is 1.68 bits per heavy atom. The Morgan fingerprint density at radius 1 is 1.07 bits per heavy atom. The predicted molar refractivity (Wildman–Crippen MR) is 106 cm³/mol. The first-order chi connectivity index (χ1) is 12.9. The van der Waals surface area contributed by atoms with Crippen LogP contribution in [-0.4, -0.2) is 20.4 Å². The average Bonchev–Trinajstić information content (AvgIpc) is 2.83. The van der Waals surface area contributed by atoms with Crippen molar-refractivity contribution >= 4 is 38.6 Å². The second-order valence-electron chi connectivity index (χ2n) is 6.76. The van der Waals surface area contributed by atoms with Gasteiger partial charge < -0.3 is 5.11 Å². The lowest BCUT2D eigenvalue weighted by Crippen LogP contribution is -2.46. The van der Waals surface area contributed by atoms with Crippen LogP contribution in [0, 0.1) is 0 Å². The van der Waals surface area contributed by atoms with Crippen LogP contribution < -0.4 is 5.69 Å². The molecule has 1 heterocycles. The maximum absolute atomic E-state index is 14.1. The van der Waals surface area contributed by atoms with Gasteiger partial charge in [0.1, 0.15) is 0 Å². The third-order valence-electron chi connectivity index (χ3n) is 5.20. The number of benzene rings is 2. The fourth-order valence-corrected chi connectivity index (χ4v) is 4.32. The summed E-state index contributed by atoms with van der Waals surface area (Å²) in [6.07, 6.45) is -4.98. The molecule has 1 aromatic heterocycles. The molecule has 0 aliphatic rings. The number of alkyl halides is 3.